The zero-order valence-corrected chi connectivity index (χ0v) is 19.9. The fourth-order valence-corrected chi connectivity index (χ4v) is 3.99. The van der Waals surface area contributed by atoms with E-state index in [9.17, 15) is 4.79 Å². The van der Waals surface area contributed by atoms with E-state index in [1.807, 2.05) is 42.5 Å². The summed E-state index contributed by atoms with van der Waals surface area (Å²) in [5.41, 5.74) is 3.31. The van der Waals surface area contributed by atoms with Crippen molar-refractivity contribution >= 4 is 16.9 Å². The van der Waals surface area contributed by atoms with Crippen LogP contribution >= 0.6 is 0 Å². The summed E-state index contributed by atoms with van der Waals surface area (Å²) in [5.74, 6) is -0.585. The number of pyridine rings is 1. The maximum absolute atomic E-state index is 12.2. The number of hydrogen-bond acceptors (Lipinski definition) is 4. The minimum Gasteiger partial charge on any atom is -0.291 e. The first kappa shape index (κ1) is 24.9. The second kappa shape index (κ2) is 14.4. The highest BCUT2D eigenvalue weighted by molar-refractivity contribution is 5.90. The van der Waals surface area contributed by atoms with Crippen molar-refractivity contribution in [3.63, 3.8) is 0 Å². The summed E-state index contributed by atoms with van der Waals surface area (Å²) in [6.45, 7) is 2.49. The van der Waals surface area contributed by atoms with Gasteiger partial charge in [0.05, 0.1) is 5.52 Å². The Bertz CT molecular complexity index is 968. The third kappa shape index (κ3) is 8.97. The summed E-state index contributed by atoms with van der Waals surface area (Å²) in [6, 6.07) is 19.5. The Hall–Kier alpha value is -2.72. The molecule has 0 aliphatic carbocycles. The summed E-state index contributed by atoms with van der Waals surface area (Å²) >= 11 is 0. The van der Waals surface area contributed by atoms with Gasteiger partial charge in [-0.2, -0.15) is 4.89 Å². The molecule has 0 N–H and O–H groups in total. The monoisotopic (exact) mass is 447 g/mol. The van der Waals surface area contributed by atoms with Gasteiger partial charge in [-0.15, -0.1) is 0 Å². The van der Waals surface area contributed by atoms with Crippen molar-refractivity contribution in [2.24, 2.45) is 0 Å². The fraction of sp³-hybridized carbons (Fsp3) is 0.448. The Kier molecular flexibility index (Phi) is 10.9. The molecule has 2 aromatic carbocycles. The average Bonchev–Trinajstić information content (AvgIpc) is 2.85. The van der Waals surface area contributed by atoms with Crippen LogP contribution in [-0.2, 0) is 22.8 Å². The lowest BCUT2D eigenvalue weighted by Gasteiger charge is -2.06. The Morgan fingerprint density at radius 2 is 1.36 bits per heavy atom. The molecular formula is C29H37NO3. The van der Waals surface area contributed by atoms with Crippen molar-refractivity contribution < 1.29 is 14.6 Å². The number of hydrogen-bond donors (Lipinski definition) is 0. The standard InChI is InChI=1S/C29H37NO3/c1-2-3-4-5-6-7-8-9-10-11-14-24-17-19-25(20-18-24)23-32-33-29(31)28-22-21-26-15-12-13-16-27(26)30-28/h12-13,15-22H,2-11,14,23H2,1H3. The van der Waals surface area contributed by atoms with E-state index in [2.05, 4.69) is 24.0 Å². The van der Waals surface area contributed by atoms with Crippen LogP contribution in [0.4, 0.5) is 0 Å². The van der Waals surface area contributed by atoms with E-state index < -0.39 is 5.97 Å². The largest absolute Gasteiger partial charge is 0.391 e. The van der Waals surface area contributed by atoms with Crippen LogP contribution in [0.3, 0.4) is 0 Å². The molecule has 0 fully saturated rings. The summed E-state index contributed by atoms with van der Waals surface area (Å²) < 4.78 is 0. The lowest BCUT2D eigenvalue weighted by Crippen LogP contribution is -2.08. The SMILES string of the molecule is CCCCCCCCCCCCc1ccc(COOC(=O)c2ccc3ccccc3n2)cc1. The van der Waals surface area contributed by atoms with Crippen molar-refractivity contribution in [3.8, 4) is 0 Å². The molecule has 0 bridgehead atoms. The Balaban J connectivity index is 1.28. The van der Waals surface area contributed by atoms with Gasteiger partial charge in [0.15, 0.2) is 5.69 Å². The number of nitrogens with zero attached hydrogens (tertiary/aromatic N) is 1. The molecule has 0 saturated heterocycles. The number of benzene rings is 2. The molecular weight excluding hydrogens is 410 g/mol. The molecule has 0 saturated carbocycles. The first-order valence-corrected chi connectivity index (χ1v) is 12.5. The normalized spacial score (nSPS) is 11.1. The van der Waals surface area contributed by atoms with Gasteiger partial charge in [0.1, 0.15) is 6.61 Å². The van der Waals surface area contributed by atoms with Crippen LogP contribution in [0, 0.1) is 0 Å². The summed E-state index contributed by atoms with van der Waals surface area (Å²) in [5, 5.41) is 0.980. The summed E-state index contributed by atoms with van der Waals surface area (Å²) in [4.78, 5) is 26.6. The average molecular weight is 448 g/mol. The molecule has 1 aromatic heterocycles. The van der Waals surface area contributed by atoms with Gasteiger partial charge in [-0.25, -0.2) is 9.78 Å². The molecule has 1 heterocycles. The van der Waals surface area contributed by atoms with Crippen LogP contribution in [0.1, 0.15) is 92.7 Å². The van der Waals surface area contributed by atoms with Gasteiger partial charge in [0, 0.05) is 5.39 Å². The van der Waals surface area contributed by atoms with Crippen LogP contribution in [0.5, 0.6) is 0 Å². The number of carbonyl (C=O) groups excluding carboxylic acids is 1. The first-order chi connectivity index (χ1) is 16.3. The predicted molar refractivity (Wildman–Crippen MR) is 134 cm³/mol. The van der Waals surface area contributed by atoms with Gasteiger partial charge < -0.3 is 0 Å². The second-order valence-electron chi connectivity index (χ2n) is 8.77. The van der Waals surface area contributed by atoms with Crippen molar-refractivity contribution in [1.82, 2.24) is 4.98 Å². The molecule has 0 aliphatic heterocycles. The van der Waals surface area contributed by atoms with Crippen molar-refractivity contribution in [2.45, 2.75) is 84.2 Å². The van der Waals surface area contributed by atoms with Gasteiger partial charge in [-0.3, -0.25) is 4.89 Å². The lowest BCUT2D eigenvalue weighted by atomic mass is 10.0. The molecule has 0 aliphatic rings. The van der Waals surface area contributed by atoms with Gasteiger partial charge in [0.25, 0.3) is 0 Å². The molecule has 0 spiro atoms. The number of para-hydroxylation sites is 1. The molecule has 3 aromatic rings. The van der Waals surface area contributed by atoms with Gasteiger partial charge in [0.2, 0.25) is 0 Å². The van der Waals surface area contributed by atoms with E-state index in [1.54, 1.807) is 6.07 Å². The zero-order chi connectivity index (χ0) is 23.1. The minimum absolute atomic E-state index is 0.220. The lowest BCUT2D eigenvalue weighted by molar-refractivity contribution is -0.250. The van der Waals surface area contributed by atoms with E-state index in [0.29, 0.717) is 0 Å². The third-order valence-corrected chi connectivity index (χ3v) is 6.01. The summed E-state index contributed by atoms with van der Waals surface area (Å²) in [6.07, 6.45) is 14.7. The van der Waals surface area contributed by atoms with E-state index >= 15 is 0 Å². The molecule has 176 valence electrons. The first-order valence-electron chi connectivity index (χ1n) is 12.5. The molecule has 33 heavy (non-hydrogen) atoms. The molecule has 4 heteroatoms. The van der Waals surface area contributed by atoms with Crippen molar-refractivity contribution in [2.75, 3.05) is 0 Å². The second-order valence-corrected chi connectivity index (χ2v) is 8.77. The molecule has 0 amide bonds. The van der Waals surface area contributed by atoms with E-state index in [4.69, 9.17) is 9.78 Å². The Morgan fingerprint density at radius 1 is 0.727 bits per heavy atom. The van der Waals surface area contributed by atoms with Gasteiger partial charge >= 0.3 is 5.97 Å². The van der Waals surface area contributed by atoms with Crippen molar-refractivity contribution in [3.05, 3.63) is 77.5 Å². The number of unbranched alkanes of at least 4 members (excludes halogenated alkanes) is 9. The molecule has 0 radical (unpaired) electrons. The Labute approximate surface area is 198 Å². The molecule has 4 nitrogen and oxygen atoms in total. The number of rotatable bonds is 15. The Morgan fingerprint density at radius 3 is 2.09 bits per heavy atom. The van der Waals surface area contributed by atoms with Crippen LogP contribution in [0.15, 0.2) is 60.7 Å². The molecule has 0 atom stereocenters. The fourth-order valence-electron chi connectivity index (χ4n) is 3.99. The van der Waals surface area contributed by atoms with E-state index in [1.165, 1.54) is 69.8 Å². The molecule has 3 rings (SSSR count). The maximum atomic E-state index is 12.2. The van der Waals surface area contributed by atoms with Crippen LogP contribution in [0.25, 0.3) is 10.9 Å². The van der Waals surface area contributed by atoms with Crippen molar-refractivity contribution in [1.29, 1.82) is 0 Å². The maximum Gasteiger partial charge on any atom is 0.391 e. The zero-order valence-electron chi connectivity index (χ0n) is 19.9. The summed E-state index contributed by atoms with van der Waals surface area (Å²) in [7, 11) is 0. The van der Waals surface area contributed by atoms with E-state index in [-0.39, 0.29) is 12.3 Å². The van der Waals surface area contributed by atoms with Gasteiger partial charge in [-0.1, -0.05) is 113 Å². The molecule has 0 unspecified atom stereocenters. The highest BCUT2D eigenvalue weighted by Crippen LogP contribution is 2.15. The smallest absolute Gasteiger partial charge is 0.291 e. The number of aryl methyl sites for hydroxylation is 1. The number of carbonyl (C=O) groups is 1. The topological polar surface area (TPSA) is 48.4 Å². The quantitative estimate of drug-likeness (QED) is 0.135. The number of fused-ring (bicyclic) bond motifs is 1. The third-order valence-electron chi connectivity index (χ3n) is 6.01. The highest BCUT2D eigenvalue weighted by Gasteiger charge is 2.11. The van der Waals surface area contributed by atoms with Crippen LogP contribution in [-0.4, -0.2) is 11.0 Å². The van der Waals surface area contributed by atoms with E-state index in [0.717, 1.165) is 22.9 Å². The van der Waals surface area contributed by atoms with Crippen LogP contribution in [0.2, 0.25) is 0 Å². The predicted octanol–water partition coefficient (Wildman–Crippen LogP) is 7.99. The number of aromatic nitrogens is 1. The van der Waals surface area contributed by atoms with Crippen LogP contribution < -0.4 is 0 Å². The highest BCUT2D eigenvalue weighted by atomic mass is 17.2. The minimum atomic E-state index is -0.585. The van der Waals surface area contributed by atoms with Gasteiger partial charge in [-0.05, 0) is 36.1 Å².